The van der Waals surface area contributed by atoms with E-state index >= 15 is 0 Å². The zero-order valence-corrected chi connectivity index (χ0v) is 15.2. The molecular weight excluding hydrogens is 326 g/mol. The fourth-order valence-corrected chi connectivity index (χ4v) is 3.35. The number of hydrogen-bond acceptors (Lipinski definition) is 4. The molecule has 1 unspecified atom stereocenters. The van der Waals surface area contributed by atoms with Gasteiger partial charge in [0.2, 0.25) is 17.6 Å². The normalized spacial score (nSPS) is 17.1. The first-order valence-electron chi connectivity index (χ1n) is 8.80. The Balaban J connectivity index is 1.58. The van der Waals surface area contributed by atoms with E-state index in [0.717, 1.165) is 16.8 Å². The third kappa shape index (κ3) is 2.90. The number of carbonyl (C=O) groups excluding carboxylic acids is 1. The highest BCUT2D eigenvalue weighted by molar-refractivity contribution is 5.97. The fraction of sp³-hybridized carbons (Fsp3) is 0.286. The van der Waals surface area contributed by atoms with E-state index in [0.29, 0.717) is 24.7 Å². The van der Waals surface area contributed by atoms with Crippen LogP contribution in [-0.4, -0.2) is 22.6 Å². The summed E-state index contributed by atoms with van der Waals surface area (Å²) in [6.07, 6.45) is 0.392. The van der Waals surface area contributed by atoms with Gasteiger partial charge in [0.15, 0.2) is 0 Å². The Hall–Kier alpha value is -2.95. The van der Waals surface area contributed by atoms with Crippen molar-refractivity contribution in [1.82, 2.24) is 10.1 Å². The molecule has 2 heterocycles. The van der Waals surface area contributed by atoms with Gasteiger partial charge >= 0.3 is 0 Å². The van der Waals surface area contributed by atoms with Crippen LogP contribution in [0.5, 0.6) is 0 Å². The third-order valence-electron chi connectivity index (χ3n) is 5.09. The largest absolute Gasteiger partial charge is 0.339 e. The minimum absolute atomic E-state index is 0.0749. The first-order chi connectivity index (χ1) is 12.5. The number of anilines is 1. The van der Waals surface area contributed by atoms with Crippen molar-refractivity contribution in [3.8, 4) is 11.4 Å². The van der Waals surface area contributed by atoms with Gasteiger partial charge in [0.25, 0.3) is 0 Å². The maximum atomic E-state index is 12.6. The van der Waals surface area contributed by atoms with Crippen LogP contribution in [0.2, 0.25) is 0 Å². The van der Waals surface area contributed by atoms with E-state index in [2.05, 4.69) is 23.1 Å². The van der Waals surface area contributed by atoms with E-state index in [4.69, 9.17) is 4.52 Å². The van der Waals surface area contributed by atoms with Crippen LogP contribution >= 0.6 is 0 Å². The summed E-state index contributed by atoms with van der Waals surface area (Å²) in [5.74, 6) is 1.12. The lowest BCUT2D eigenvalue weighted by molar-refractivity contribution is -0.117. The Morgan fingerprint density at radius 2 is 1.85 bits per heavy atom. The monoisotopic (exact) mass is 347 g/mol. The minimum atomic E-state index is -0.0749. The average Bonchev–Trinajstić information content (AvgIpc) is 3.25. The number of rotatable bonds is 3. The minimum Gasteiger partial charge on any atom is -0.339 e. The molecule has 26 heavy (non-hydrogen) atoms. The maximum absolute atomic E-state index is 12.6. The second kappa shape index (κ2) is 6.41. The van der Waals surface area contributed by atoms with Gasteiger partial charge in [0.1, 0.15) is 0 Å². The smallest absolute Gasteiger partial charge is 0.232 e. The van der Waals surface area contributed by atoms with E-state index in [1.54, 1.807) is 0 Å². The number of hydrogen-bond donors (Lipinski definition) is 0. The number of carbonyl (C=O) groups is 1. The highest BCUT2D eigenvalue weighted by atomic mass is 16.5. The lowest BCUT2D eigenvalue weighted by Gasteiger charge is -2.19. The van der Waals surface area contributed by atoms with Crippen molar-refractivity contribution in [2.75, 3.05) is 11.4 Å². The molecule has 4 rings (SSSR count). The lowest BCUT2D eigenvalue weighted by Crippen LogP contribution is -2.25. The van der Waals surface area contributed by atoms with Crippen molar-refractivity contribution in [3.05, 3.63) is 65.0 Å². The van der Waals surface area contributed by atoms with Crippen LogP contribution in [0.4, 0.5) is 5.69 Å². The van der Waals surface area contributed by atoms with Crippen LogP contribution in [0.25, 0.3) is 11.4 Å². The fourth-order valence-electron chi connectivity index (χ4n) is 3.35. The zero-order chi connectivity index (χ0) is 18.3. The quantitative estimate of drug-likeness (QED) is 0.713. The second-order valence-electron chi connectivity index (χ2n) is 6.95. The summed E-state index contributed by atoms with van der Waals surface area (Å²) in [6, 6.07) is 14.0. The molecule has 0 N–H and O–H groups in total. The molecule has 3 aromatic rings. The van der Waals surface area contributed by atoms with Crippen LogP contribution in [0.1, 0.15) is 34.9 Å². The summed E-state index contributed by atoms with van der Waals surface area (Å²) in [6.45, 7) is 6.71. The van der Waals surface area contributed by atoms with E-state index < -0.39 is 0 Å². The molecule has 2 aromatic carbocycles. The Labute approximate surface area is 152 Å². The summed E-state index contributed by atoms with van der Waals surface area (Å²) in [5, 5.41) is 4.10. The Kier molecular flexibility index (Phi) is 4.07. The highest BCUT2D eigenvalue weighted by Gasteiger charge is 2.35. The zero-order valence-electron chi connectivity index (χ0n) is 15.2. The third-order valence-corrected chi connectivity index (χ3v) is 5.09. The Morgan fingerprint density at radius 1 is 1.08 bits per heavy atom. The molecule has 0 bridgehead atoms. The van der Waals surface area contributed by atoms with Gasteiger partial charge in [-0.25, -0.2) is 0 Å². The molecule has 5 nitrogen and oxygen atoms in total. The molecule has 1 aliphatic rings. The Bertz CT molecular complexity index is 960. The highest BCUT2D eigenvalue weighted by Crippen LogP contribution is 2.34. The van der Waals surface area contributed by atoms with Gasteiger partial charge in [-0.05, 0) is 38.0 Å². The van der Waals surface area contributed by atoms with Gasteiger partial charge in [0, 0.05) is 24.2 Å². The molecule has 5 heteroatoms. The number of aryl methyl sites for hydroxylation is 2. The van der Waals surface area contributed by atoms with Crippen molar-refractivity contribution in [2.45, 2.75) is 33.1 Å². The molecule has 0 saturated carbocycles. The van der Waals surface area contributed by atoms with Crippen LogP contribution in [0.15, 0.2) is 47.0 Å². The van der Waals surface area contributed by atoms with Crippen molar-refractivity contribution in [2.24, 2.45) is 0 Å². The Morgan fingerprint density at radius 3 is 2.62 bits per heavy atom. The average molecular weight is 347 g/mol. The summed E-state index contributed by atoms with van der Waals surface area (Å²) in [5.41, 5.74) is 5.38. The van der Waals surface area contributed by atoms with E-state index in [1.807, 2.05) is 55.1 Å². The molecule has 0 radical (unpaired) electrons. The van der Waals surface area contributed by atoms with Gasteiger partial charge in [-0.3, -0.25) is 4.79 Å². The molecule has 132 valence electrons. The predicted molar refractivity (Wildman–Crippen MR) is 100 cm³/mol. The van der Waals surface area contributed by atoms with E-state index in [-0.39, 0.29) is 11.8 Å². The topological polar surface area (TPSA) is 59.2 Å². The lowest BCUT2D eigenvalue weighted by atomic mass is 10.1. The molecule has 1 aromatic heterocycles. The molecular formula is C21H21N3O2. The van der Waals surface area contributed by atoms with Crippen molar-refractivity contribution >= 4 is 11.6 Å². The molecule has 1 fully saturated rings. The first-order valence-corrected chi connectivity index (χ1v) is 8.80. The molecule has 1 amide bonds. The van der Waals surface area contributed by atoms with Crippen molar-refractivity contribution < 1.29 is 9.32 Å². The summed E-state index contributed by atoms with van der Waals surface area (Å²) >= 11 is 0. The van der Waals surface area contributed by atoms with Crippen molar-refractivity contribution in [3.63, 3.8) is 0 Å². The molecule has 1 saturated heterocycles. The standard InChI is InChI=1S/C21H21N3O2/c1-13-7-9-16(10-8-13)20-22-21(26-23-20)17-11-19(25)24(12-17)18-6-4-5-14(2)15(18)3/h4-10,17H,11-12H2,1-3H3. The second-order valence-corrected chi connectivity index (χ2v) is 6.95. The van der Waals surface area contributed by atoms with Gasteiger partial charge in [-0.15, -0.1) is 0 Å². The first kappa shape index (κ1) is 16.5. The van der Waals surface area contributed by atoms with E-state index in [9.17, 15) is 4.79 Å². The maximum Gasteiger partial charge on any atom is 0.232 e. The summed E-state index contributed by atoms with van der Waals surface area (Å²) in [7, 11) is 0. The van der Waals surface area contributed by atoms with Crippen molar-refractivity contribution in [1.29, 1.82) is 0 Å². The van der Waals surface area contributed by atoms with Crippen LogP contribution < -0.4 is 4.90 Å². The van der Waals surface area contributed by atoms with Gasteiger partial charge in [0.05, 0.1) is 5.92 Å². The number of aromatic nitrogens is 2. The van der Waals surface area contributed by atoms with Crippen LogP contribution in [0, 0.1) is 20.8 Å². The summed E-state index contributed by atoms with van der Waals surface area (Å²) < 4.78 is 5.48. The number of benzene rings is 2. The van der Waals surface area contributed by atoms with Crippen LogP contribution in [0.3, 0.4) is 0 Å². The number of amides is 1. The van der Waals surface area contributed by atoms with Gasteiger partial charge < -0.3 is 9.42 Å². The number of nitrogens with zero attached hydrogens (tertiary/aromatic N) is 3. The molecule has 0 spiro atoms. The predicted octanol–water partition coefficient (Wildman–Crippen LogP) is 4.18. The van der Waals surface area contributed by atoms with Gasteiger partial charge in [-0.1, -0.05) is 47.1 Å². The molecule has 0 aliphatic carbocycles. The SMILES string of the molecule is Cc1ccc(-c2noc(C3CC(=O)N(c4cccc(C)c4C)C3)n2)cc1. The molecule has 1 aliphatic heterocycles. The summed E-state index contributed by atoms with van der Waals surface area (Å²) in [4.78, 5) is 18.9. The van der Waals surface area contributed by atoms with Gasteiger partial charge in [-0.2, -0.15) is 4.98 Å². The van der Waals surface area contributed by atoms with E-state index in [1.165, 1.54) is 11.1 Å². The van der Waals surface area contributed by atoms with Crippen LogP contribution in [-0.2, 0) is 4.79 Å². The molecule has 1 atom stereocenters.